The molecular formula is C18H24N2O. The van der Waals surface area contributed by atoms with Crippen molar-refractivity contribution in [3.8, 4) is 5.75 Å². The quantitative estimate of drug-likeness (QED) is 0.635. The van der Waals surface area contributed by atoms with Gasteiger partial charge in [0.25, 0.3) is 0 Å². The second-order valence-electron chi connectivity index (χ2n) is 7.27. The lowest BCUT2D eigenvalue weighted by Gasteiger charge is -2.34. The highest BCUT2D eigenvalue weighted by Crippen LogP contribution is 2.63. The molecule has 0 unspecified atom stereocenters. The number of fused-ring (bicyclic) bond motifs is 2. The Kier molecular flexibility index (Phi) is 3.19. The first kappa shape index (κ1) is 14.3. The van der Waals surface area contributed by atoms with Gasteiger partial charge in [0.05, 0.1) is 5.71 Å². The third kappa shape index (κ3) is 2.10. The van der Waals surface area contributed by atoms with E-state index in [1.807, 2.05) is 19.1 Å². The summed E-state index contributed by atoms with van der Waals surface area (Å²) in [4.78, 5) is 0. The van der Waals surface area contributed by atoms with Crippen molar-refractivity contribution in [2.24, 2.45) is 27.0 Å². The fraction of sp³-hybridized carbons (Fsp3) is 0.556. The molecular weight excluding hydrogens is 260 g/mol. The van der Waals surface area contributed by atoms with Crippen LogP contribution < -0.4 is 0 Å². The number of hydrogen-bond donors (Lipinski definition) is 1. The van der Waals surface area contributed by atoms with E-state index < -0.39 is 0 Å². The summed E-state index contributed by atoms with van der Waals surface area (Å²) in [5, 5.41) is 18.4. The summed E-state index contributed by atoms with van der Waals surface area (Å²) in [6.07, 6.45) is 3.65. The minimum atomic E-state index is 0.205. The van der Waals surface area contributed by atoms with E-state index in [4.69, 9.17) is 0 Å². The molecule has 2 aliphatic rings. The fourth-order valence-corrected chi connectivity index (χ4v) is 3.98. The van der Waals surface area contributed by atoms with Crippen LogP contribution in [0.15, 0.2) is 34.5 Å². The van der Waals surface area contributed by atoms with Gasteiger partial charge in [-0.25, -0.2) is 0 Å². The predicted octanol–water partition coefficient (Wildman–Crippen LogP) is 4.40. The third-order valence-electron chi connectivity index (χ3n) is 6.12. The number of rotatable bonds is 2. The van der Waals surface area contributed by atoms with Gasteiger partial charge in [0.2, 0.25) is 0 Å². The second kappa shape index (κ2) is 4.69. The molecule has 1 aromatic rings. The molecule has 21 heavy (non-hydrogen) atoms. The largest absolute Gasteiger partial charge is 0.508 e. The second-order valence-corrected chi connectivity index (χ2v) is 7.27. The molecule has 3 nitrogen and oxygen atoms in total. The van der Waals surface area contributed by atoms with Crippen molar-refractivity contribution in [1.82, 2.24) is 0 Å². The first-order valence-electron chi connectivity index (χ1n) is 7.75. The van der Waals surface area contributed by atoms with Crippen molar-refractivity contribution >= 4 is 11.4 Å². The van der Waals surface area contributed by atoms with Crippen LogP contribution in [0.3, 0.4) is 0 Å². The Hall–Kier alpha value is -1.64. The first-order valence-corrected chi connectivity index (χ1v) is 7.75. The SMILES string of the molecule is C/C(=N\N=C1\C[C@@H]2CC[C@@]1(C)C2(C)C)c1ccc(O)cc1. The number of hydrogen-bond acceptors (Lipinski definition) is 3. The zero-order valence-corrected chi connectivity index (χ0v) is 13.3. The summed E-state index contributed by atoms with van der Waals surface area (Å²) in [6, 6.07) is 7.12. The Labute approximate surface area is 126 Å². The van der Waals surface area contributed by atoms with Crippen molar-refractivity contribution in [3.63, 3.8) is 0 Å². The van der Waals surface area contributed by atoms with E-state index in [1.54, 1.807) is 12.1 Å². The Bertz CT molecular complexity index is 613. The summed E-state index contributed by atoms with van der Waals surface area (Å²) < 4.78 is 0. The van der Waals surface area contributed by atoms with E-state index in [0.29, 0.717) is 5.41 Å². The molecule has 0 spiro atoms. The molecule has 2 aliphatic carbocycles. The molecule has 3 heteroatoms. The van der Waals surface area contributed by atoms with Gasteiger partial charge in [-0.2, -0.15) is 10.2 Å². The molecule has 112 valence electrons. The molecule has 1 N–H and O–H groups in total. The highest BCUT2D eigenvalue weighted by atomic mass is 16.3. The van der Waals surface area contributed by atoms with E-state index in [1.165, 1.54) is 18.6 Å². The van der Waals surface area contributed by atoms with Gasteiger partial charge in [0, 0.05) is 11.1 Å². The van der Waals surface area contributed by atoms with Gasteiger partial charge in [0.15, 0.2) is 0 Å². The van der Waals surface area contributed by atoms with Crippen LogP contribution in [-0.4, -0.2) is 16.5 Å². The molecule has 2 fully saturated rings. The summed E-state index contributed by atoms with van der Waals surface area (Å²) >= 11 is 0. The van der Waals surface area contributed by atoms with Gasteiger partial charge < -0.3 is 5.11 Å². The van der Waals surface area contributed by atoms with Gasteiger partial charge in [-0.15, -0.1) is 0 Å². The van der Waals surface area contributed by atoms with Crippen LogP contribution in [0.25, 0.3) is 0 Å². The molecule has 2 atom stereocenters. The van der Waals surface area contributed by atoms with Gasteiger partial charge in [-0.3, -0.25) is 0 Å². The van der Waals surface area contributed by atoms with E-state index in [0.717, 1.165) is 23.6 Å². The zero-order valence-electron chi connectivity index (χ0n) is 13.3. The number of phenolic OH excluding ortho intramolecular Hbond substituents is 1. The maximum Gasteiger partial charge on any atom is 0.115 e. The molecule has 0 aliphatic heterocycles. The van der Waals surface area contributed by atoms with Crippen molar-refractivity contribution in [2.45, 2.75) is 47.0 Å². The van der Waals surface area contributed by atoms with E-state index in [-0.39, 0.29) is 11.2 Å². The Morgan fingerprint density at radius 3 is 2.38 bits per heavy atom. The molecule has 3 rings (SSSR count). The lowest BCUT2D eigenvalue weighted by molar-refractivity contribution is 0.194. The smallest absolute Gasteiger partial charge is 0.115 e. The fourth-order valence-electron chi connectivity index (χ4n) is 3.98. The minimum Gasteiger partial charge on any atom is -0.508 e. The summed E-state index contributed by atoms with van der Waals surface area (Å²) in [7, 11) is 0. The van der Waals surface area contributed by atoms with Gasteiger partial charge in [-0.05, 0) is 67.3 Å². The van der Waals surface area contributed by atoms with Gasteiger partial charge >= 0.3 is 0 Å². The molecule has 0 radical (unpaired) electrons. The Balaban J connectivity index is 1.87. The van der Waals surface area contributed by atoms with Crippen LogP contribution in [0.5, 0.6) is 5.75 Å². The summed E-state index contributed by atoms with van der Waals surface area (Å²) in [6.45, 7) is 9.08. The normalized spacial score (nSPS) is 32.9. The van der Waals surface area contributed by atoms with Crippen molar-refractivity contribution in [1.29, 1.82) is 0 Å². The van der Waals surface area contributed by atoms with Gasteiger partial charge in [0.1, 0.15) is 5.75 Å². The lowest BCUT2D eigenvalue weighted by atomic mass is 9.70. The van der Waals surface area contributed by atoms with Crippen LogP contribution in [0.2, 0.25) is 0 Å². The van der Waals surface area contributed by atoms with Crippen LogP contribution in [-0.2, 0) is 0 Å². The van der Waals surface area contributed by atoms with Crippen molar-refractivity contribution in [2.75, 3.05) is 0 Å². The Morgan fingerprint density at radius 1 is 1.19 bits per heavy atom. The standard InChI is InChI=1S/C18H24N2O/c1-12(13-5-7-15(21)8-6-13)19-20-16-11-14-9-10-18(16,4)17(14,2)3/h5-8,14,21H,9-11H2,1-4H3/b19-12+,20-16-/t14-,18+/m0/s1. The summed E-state index contributed by atoms with van der Waals surface area (Å²) in [5.41, 5.74) is 3.71. The summed E-state index contributed by atoms with van der Waals surface area (Å²) in [5.74, 6) is 1.03. The van der Waals surface area contributed by atoms with E-state index in [2.05, 4.69) is 31.0 Å². The molecule has 0 heterocycles. The van der Waals surface area contributed by atoms with Gasteiger partial charge in [-0.1, -0.05) is 20.8 Å². The highest BCUT2D eigenvalue weighted by molar-refractivity contribution is 6.00. The molecule has 0 aromatic heterocycles. The highest BCUT2D eigenvalue weighted by Gasteiger charge is 2.59. The van der Waals surface area contributed by atoms with Crippen LogP contribution in [0.4, 0.5) is 0 Å². The maximum absolute atomic E-state index is 9.34. The molecule has 0 amide bonds. The van der Waals surface area contributed by atoms with Crippen molar-refractivity contribution in [3.05, 3.63) is 29.8 Å². The third-order valence-corrected chi connectivity index (χ3v) is 6.12. The monoisotopic (exact) mass is 284 g/mol. The zero-order chi connectivity index (χ0) is 15.3. The van der Waals surface area contributed by atoms with Crippen LogP contribution in [0.1, 0.15) is 52.5 Å². The lowest BCUT2D eigenvalue weighted by Crippen LogP contribution is -2.32. The number of nitrogens with zero attached hydrogens (tertiary/aromatic N) is 2. The van der Waals surface area contributed by atoms with Crippen LogP contribution >= 0.6 is 0 Å². The average Bonchev–Trinajstić information content (AvgIpc) is 2.78. The predicted molar refractivity (Wildman–Crippen MR) is 87.0 cm³/mol. The topological polar surface area (TPSA) is 45.0 Å². The average molecular weight is 284 g/mol. The molecule has 2 bridgehead atoms. The number of aromatic hydroxyl groups is 1. The number of phenols is 1. The number of benzene rings is 1. The maximum atomic E-state index is 9.34. The molecule has 0 saturated heterocycles. The Morgan fingerprint density at radius 2 is 1.86 bits per heavy atom. The van der Waals surface area contributed by atoms with Crippen molar-refractivity contribution < 1.29 is 5.11 Å². The van der Waals surface area contributed by atoms with Crippen LogP contribution in [0, 0.1) is 16.7 Å². The van der Waals surface area contributed by atoms with E-state index >= 15 is 0 Å². The first-order chi connectivity index (χ1) is 9.84. The minimum absolute atomic E-state index is 0.205. The molecule has 1 aromatic carbocycles. The van der Waals surface area contributed by atoms with E-state index in [9.17, 15) is 5.11 Å². The molecule has 2 saturated carbocycles.